The summed E-state index contributed by atoms with van der Waals surface area (Å²) < 4.78 is 22.0. The Balaban J connectivity index is 4.08. The fourth-order valence-electron chi connectivity index (χ4n) is 1.47. The van der Waals surface area contributed by atoms with E-state index >= 15 is 0 Å². The molecule has 0 aliphatic carbocycles. The third-order valence-corrected chi connectivity index (χ3v) is 5.94. The molecule has 0 rings (SSSR count). The maximum Gasteiger partial charge on any atom is 0.500 e. The second kappa shape index (κ2) is 10.8. The molecule has 0 amide bonds. The van der Waals surface area contributed by atoms with Crippen molar-refractivity contribution in [3.8, 4) is 0 Å². The molecule has 0 bridgehead atoms. The van der Waals surface area contributed by atoms with Crippen molar-refractivity contribution in [3.05, 3.63) is 0 Å². The molecular weight excluding hydrogens is 272 g/mol. The van der Waals surface area contributed by atoms with Crippen LogP contribution in [0.3, 0.4) is 0 Å². The molecule has 0 aliphatic rings. The molecular formula is C11H24O5SSi. The van der Waals surface area contributed by atoms with E-state index in [4.69, 9.17) is 17.5 Å². The van der Waals surface area contributed by atoms with Crippen molar-refractivity contribution in [2.24, 2.45) is 0 Å². The van der Waals surface area contributed by atoms with E-state index in [1.165, 1.54) is 6.92 Å². The van der Waals surface area contributed by atoms with Crippen molar-refractivity contribution in [2.45, 2.75) is 40.2 Å². The minimum absolute atomic E-state index is 0.275. The Morgan fingerprint density at radius 1 is 1.06 bits per heavy atom. The molecule has 0 atom stereocenters. The van der Waals surface area contributed by atoms with Crippen molar-refractivity contribution in [3.63, 3.8) is 0 Å². The number of hydrogen-bond acceptors (Lipinski definition) is 6. The first-order chi connectivity index (χ1) is 8.60. The van der Waals surface area contributed by atoms with Crippen molar-refractivity contribution < 1.29 is 22.3 Å². The lowest BCUT2D eigenvalue weighted by molar-refractivity contribution is -0.130. The molecule has 0 unspecified atom stereocenters. The number of carbonyl (C=O) groups is 1. The topological polar surface area (TPSA) is 54.0 Å². The van der Waals surface area contributed by atoms with Gasteiger partial charge in [-0.3, -0.25) is 4.79 Å². The minimum Gasteiger partial charge on any atom is -0.392 e. The van der Waals surface area contributed by atoms with Gasteiger partial charge in [0, 0.05) is 38.5 Å². The van der Waals surface area contributed by atoms with Crippen LogP contribution in [-0.4, -0.2) is 40.3 Å². The average molecular weight is 296 g/mol. The molecule has 0 saturated carbocycles. The quantitative estimate of drug-likeness (QED) is 0.332. The number of hydrogen-bond donors (Lipinski definition) is 0. The summed E-state index contributed by atoms with van der Waals surface area (Å²) in [4.78, 5) is 10.6. The largest absolute Gasteiger partial charge is 0.500 e. The van der Waals surface area contributed by atoms with Crippen LogP contribution < -0.4 is 0 Å². The van der Waals surface area contributed by atoms with Gasteiger partial charge in [-0.1, -0.05) is 0 Å². The predicted octanol–water partition coefficient (Wildman–Crippen LogP) is 2.64. The standard InChI is InChI=1S/C11H24O5SSi/c1-5-13-18(14-6-2,15-7-3)10-8-9-17-16-11(4)12/h5-10H2,1-4H3. The first-order valence-corrected chi connectivity index (χ1v) is 9.16. The van der Waals surface area contributed by atoms with Crippen molar-refractivity contribution in [1.29, 1.82) is 0 Å². The van der Waals surface area contributed by atoms with Crippen LogP contribution in [0.1, 0.15) is 34.1 Å². The molecule has 0 aromatic carbocycles. The molecule has 7 heteroatoms. The molecule has 0 aromatic rings. The molecule has 0 aromatic heterocycles. The number of carbonyl (C=O) groups excluding carboxylic acids is 1. The monoisotopic (exact) mass is 296 g/mol. The van der Waals surface area contributed by atoms with E-state index in [1.807, 2.05) is 20.8 Å². The molecule has 0 aliphatic heterocycles. The van der Waals surface area contributed by atoms with Crippen LogP contribution in [0.15, 0.2) is 0 Å². The lowest BCUT2D eigenvalue weighted by Crippen LogP contribution is -2.46. The molecule has 5 nitrogen and oxygen atoms in total. The Bertz CT molecular complexity index is 210. The van der Waals surface area contributed by atoms with Gasteiger partial charge < -0.3 is 17.5 Å². The van der Waals surface area contributed by atoms with Crippen molar-refractivity contribution >= 4 is 26.8 Å². The van der Waals surface area contributed by atoms with Crippen LogP contribution >= 0.6 is 12.0 Å². The maximum atomic E-state index is 10.6. The fraction of sp³-hybridized carbons (Fsp3) is 0.909. The van der Waals surface area contributed by atoms with Gasteiger partial charge >= 0.3 is 14.8 Å². The van der Waals surface area contributed by atoms with Gasteiger partial charge in [-0.15, -0.1) is 0 Å². The fourth-order valence-corrected chi connectivity index (χ4v) is 4.85. The SMILES string of the molecule is CCO[Si](CCCSOC(C)=O)(OCC)OCC. The molecule has 0 heterocycles. The van der Waals surface area contributed by atoms with Gasteiger partial charge in [-0.05, 0) is 27.2 Å². The van der Waals surface area contributed by atoms with Gasteiger partial charge in [0.1, 0.15) is 0 Å². The summed E-state index contributed by atoms with van der Waals surface area (Å²) in [5.41, 5.74) is 0. The van der Waals surface area contributed by atoms with E-state index in [0.717, 1.165) is 30.3 Å². The van der Waals surface area contributed by atoms with Crippen molar-refractivity contribution in [1.82, 2.24) is 0 Å². The highest BCUT2D eigenvalue weighted by atomic mass is 32.2. The van der Waals surface area contributed by atoms with Crippen LogP contribution in [-0.2, 0) is 22.3 Å². The van der Waals surface area contributed by atoms with Gasteiger partial charge in [-0.25, -0.2) is 0 Å². The van der Waals surface area contributed by atoms with Gasteiger partial charge in [0.05, 0.1) is 12.0 Å². The molecule has 0 radical (unpaired) electrons. The van der Waals surface area contributed by atoms with Gasteiger partial charge in [0.25, 0.3) is 0 Å². The van der Waals surface area contributed by atoms with Gasteiger partial charge in [0.2, 0.25) is 0 Å². The highest BCUT2D eigenvalue weighted by Crippen LogP contribution is 2.20. The summed E-state index contributed by atoms with van der Waals surface area (Å²) in [7, 11) is -2.53. The van der Waals surface area contributed by atoms with Crippen LogP contribution in [0, 0.1) is 0 Å². The summed E-state index contributed by atoms with van der Waals surface area (Å²) in [6, 6.07) is 0.747. The summed E-state index contributed by atoms with van der Waals surface area (Å²) >= 11 is 1.16. The highest BCUT2D eigenvalue weighted by Gasteiger charge is 2.39. The Hall–Kier alpha value is -0.0831. The molecule has 0 saturated heterocycles. The maximum absolute atomic E-state index is 10.6. The average Bonchev–Trinajstić information content (AvgIpc) is 2.29. The predicted molar refractivity (Wildman–Crippen MR) is 74.3 cm³/mol. The van der Waals surface area contributed by atoms with E-state index in [2.05, 4.69) is 0 Å². The molecule has 0 fully saturated rings. The van der Waals surface area contributed by atoms with E-state index < -0.39 is 8.80 Å². The van der Waals surface area contributed by atoms with Crippen LogP contribution in [0.25, 0.3) is 0 Å². The van der Waals surface area contributed by atoms with Gasteiger partial charge in [0.15, 0.2) is 0 Å². The molecule has 108 valence electrons. The lowest BCUT2D eigenvalue weighted by Gasteiger charge is -2.28. The van der Waals surface area contributed by atoms with E-state index in [9.17, 15) is 4.79 Å². The lowest BCUT2D eigenvalue weighted by atomic mass is 10.6. The van der Waals surface area contributed by atoms with E-state index in [-0.39, 0.29) is 5.97 Å². The normalized spacial score (nSPS) is 11.6. The van der Waals surface area contributed by atoms with Crippen LogP contribution in [0.4, 0.5) is 0 Å². The zero-order chi connectivity index (χ0) is 13.9. The van der Waals surface area contributed by atoms with Crippen molar-refractivity contribution in [2.75, 3.05) is 25.6 Å². The summed E-state index contributed by atoms with van der Waals surface area (Å²) in [6.45, 7) is 8.97. The minimum atomic E-state index is -2.53. The number of rotatable bonds is 11. The smallest absolute Gasteiger partial charge is 0.392 e. The third-order valence-electron chi connectivity index (χ3n) is 1.98. The van der Waals surface area contributed by atoms with Crippen LogP contribution in [0.5, 0.6) is 0 Å². The second-order valence-electron chi connectivity index (χ2n) is 3.48. The Morgan fingerprint density at radius 3 is 1.94 bits per heavy atom. The first-order valence-electron chi connectivity index (χ1n) is 6.32. The summed E-state index contributed by atoms with van der Waals surface area (Å²) in [5.74, 6) is 0.449. The van der Waals surface area contributed by atoms with E-state index in [1.54, 1.807) is 0 Å². The molecule has 18 heavy (non-hydrogen) atoms. The Labute approximate surface area is 115 Å². The Morgan fingerprint density at radius 2 is 1.56 bits per heavy atom. The van der Waals surface area contributed by atoms with Crippen LogP contribution in [0.2, 0.25) is 6.04 Å². The zero-order valence-corrected chi connectivity index (χ0v) is 13.5. The second-order valence-corrected chi connectivity index (χ2v) is 7.03. The first kappa shape index (κ1) is 17.9. The third kappa shape index (κ3) is 8.10. The highest BCUT2D eigenvalue weighted by molar-refractivity contribution is 7.95. The molecule has 0 spiro atoms. The zero-order valence-electron chi connectivity index (χ0n) is 11.7. The summed E-state index contributed by atoms with van der Waals surface area (Å²) in [6.07, 6.45) is 0.837. The Kier molecular flexibility index (Phi) is 10.8. The summed E-state index contributed by atoms with van der Waals surface area (Å²) in [5, 5.41) is 0. The van der Waals surface area contributed by atoms with E-state index in [0.29, 0.717) is 19.8 Å². The molecule has 0 N–H and O–H groups in total. The van der Waals surface area contributed by atoms with Gasteiger partial charge in [-0.2, -0.15) is 0 Å².